The van der Waals surface area contributed by atoms with Gasteiger partial charge in [-0.25, -0.2) is 8.78 Å². The fourth-order valence-corrected chi connectivity index (χ4v) is 2.09. The Labute approximate surface area is 136 Å². The third-order valence-corrected chi connectivity index (χ3v) is 3.40. The van der Waals surface area contributed by atoms with Gasteiger partial charge in [0, 0.05) is 6.07 Å². The smallest absolute Gasteiger partial charge is 0.197 e. The van der Waals surface area contributed by atoms with E-state index >= 15 is 0 Å². The molecule has 2 atom stereocenters. The largest absolute Gasteiger partial charge is 0.483 e. The fraction of sp³-hybridized carbons (Fsp3) is 0.235. The Balaban J connectivity index is 2.16. The number of nitriles is 1. The first-order chi connectivity index (χ1) is 11.3. The van der Waals surface area contributed by atoms with E-state index in [1.807, 2.05) is 0 Å². The molecule has 0 spiro atoms. The van der Waals surface area contributed by atoms with Gasteiger partial charge in [-0.1, -0.05) is 0 Å². The first-order valence-corrected chi connectivity index (χ1v) is 6.98. The van der Waals surface area contributed by atoms with Gasteiger partial charge in [0.15, 0.2) is 35.2 Å². The number of nitrogens with zero attached hydrogens (tertiary/aromatic N) is 1. The zero-order chi connectivity index (χ0) is 17.9. The third-order valence-electron chi connectivity index (χ3n) is 3.40. The van der Waals surface area contributed by atoms with Gasteiger partial charge in [0.05, 0.1) is 17.9 Å². The van der Waals surface area contributed by atoms with Crippen molar-refractivity contribution in [1.29, 1.82) is 5.26 Å². The minimum atomic E-state index is -1.58. The molecule has 0 fully saturated rings. The summed E-state index contributed by atoms with van der Waals surface area (Å²) in [4.78, 5) is 24.6. The second-order valence-corrected chi connectivity index (χ2v) is 5.06. The van der Waals surface area contributed by atoms with Crippen molar-refractivity contribution in [2.75, 3.05) is 0 Å². The summed E-state index contributed by atoms with van der Waals surface area (Å²) in [6.07, 6.45) is 0.0820. The number of carbonyl (C=O) groups excluding carboxylic acids is 2. The first-order valence-electron chi connectivity index (χ1n) is 6.98. The lowest BCUT2D eigenvalue weighted by atomic mass is 9.93. The first kappa shape index (κ1) is 17.3. The average molecular weight is 333 g/mol. The van der Waals surface area contributed by atoms with Crippen LogP contribution in [0.3, 0.4) is 0 Å². The average Bonchev–Trinajstić information content (AvgIpc) is 2.97. The number of furan rings is 1. The van der Waals surface area contributed by atoms with Gasteiger partial charge in [-0.15, -0.1) is 0 Å². The summed E-state index contributed by atoms with van der Waals surface area (Å²) in [5.41, 5.74) is 0.134. The van der Waals surface area contributed by atoms with Crippen molar-refractivity contribution in [2.45, 2.75) is 20.0 Å². The highest BCUT2D eigenvalue weighted by Gasteiger charge is 2.33. The molecule has 7 heteroatoms. The number of rotatable bonds is 6. The molecule has 0 unspecified atom stereocenters. The zero-order valence-corrected chi connectivity index (χ0v) is 12.9. The second-order valence-electron chi connectivity index (χ2n) is 5.06. The molecular weight excluding hydrogens is 320 g/mol. The van der Waals surface area contributed by atoms with Crippen molar-refractivity contribution in [1.82, 2.24) is 0 Å². The van der Waals surface area contributed by atoms with E-state index in [4.69, 9.17) is 14.4 Å². The molecule has 24 heavy (non-hydrogen) atoms. The maximum absolute atomic E-state index is 13.2. The number of benzene rings is 1. The van der Waals surface area contributed by atoms with E-state index in [0.717, 1.165) is 18.2 Å². The summed E-state index contributed by atoms with van der Waals surface area (Å²) in [6.45, 7) is 2.86. The highest BCUT2D eigenvalue weighted by Crippen LogP contribution is 2.20. The van der Waals surface area contributed by atoms with E-state index in [1.54, 1.807) is 6.07 Å². The molecule has 0 aliphatic heterocycles. The number of ketones is 2. The quantitative estimate of drug-likeness (QED) is 0.599. The molecule has 0 aliphatic rings. The SMILES string of the molecule is Cc1occc1C(=O)[C@@H](C#N)C(=O)[C@@H](C)Oc1ccc(F)c(F)c1. The molecule has 0 bridgehead atoms. The van der Waals surface area contributed by atoms with Crippen molar-refractivity contribution in [3.05, 3.63) is 53.5 Å². The lowest BCUT2D eigenvalue weighted by Gasteiger charge is -2.16. The van der Waals surface area contributed by atoms with Crippen LogP contribution in [0.4, 0.5) is 8.78 Å². The molecule has 0 radical (unpaired) electrons. The summed E-state index contributed by atoms with van der Waals surface area (Å²) in [5, 5.41) is 9.16. The van der Waals surface area contributed by atoms with E-state index in [1.165, 1.54) is 26.2 Å². The highest BCUT2D eigenvalue weighted by molar-refractivity contribution is 6.14. The number of carbonyl (C=O) groups is 2. The predicted octanol–water partition coefficient (Wildman–Crippen LogP) is 3.23. The minimum absolute atomic E-state index is 0.0848. The van der Waals surface area contributed by atoms with Gasteiger partial charge in [0.1, 0.15) is 11.5 Å². The molecule has 2 rings (SSSR count). The Morgan fingerprint density at radius 1 is 1.25 bits per heavy atom. The van der Waals surface area contributed by atoms with Crippen LogP contribution in [0.25, 0.3) is 0 Å². The summed E-state index contributed by atoms with van der Waals surface area (Å²) < 4.78 is 36.2. The normalized spacial score (nSPS) is 13.0. The molecule has 0 saturated carbocycles. The summed E-state index contributed by atoms with van der Waals surface area (Å²) in [6, 6.07) is 5.80. The third kappa shape index (κ3) is 3.49. The number of hydrogen-bond donors (Lipinski definition) is 0. The molecule has 2 aromatic rings. The summed E-state index contributed by atoms with van der Waals surface area (Å²) in [7, 11) is 0. The molecule has 1 aromatic carbocycles. The molecule has 1 heterocycles. The fourth-order valence-electron chi connectivity index (χ4n) is 2.09. The topological polar surface area (TPSA) is 80.3 Å². The van der Waals surface area contributed by atoms with E-state index in [-0.39, 0.29) is 11.3 Å². The van der Waals surface area contributed by atoms with Gasteiger partial charge in [-0.2, -0.15) is 5.26 Å². The second kappa shape index (κ2) is 7.04. The Morgan fingerprint density at radius 3 is 2.50 bits per heavy atom. The van der Waals surface area contributed by atoms with Crippen LogP contribution in [0.2, 0.25) is 0 Å². The maximum Gasteiger partial charge on any atom is 0.197 e. The highest BCUT2D eigenvalue weighted by atomic mass is 19.2. The van der Waals surface area contributed by atoms with E-state index in [0.29, 0.717) is 5.76 Å². The summed E-state index contributed by atoms with van der Waals surface area (Å²) >= 11 is 0. The number of aryl methyl sites for hydroxylation is 1. The van der Waals surface area contributed by atoms with Crippen molar-refractivity contribution >= 4 is 11.6 Å². The van der Waals surface area contributed by atoms with Crippen LogP contribution in [0, 0.1) is 35.8 Å². The van der Waals surface area contributed by atoms with Gasteiger partial charge < -0.3 is 9.15 Å². The van der Waals surface area contributed by atoms with Crippen LogP contribution < -0.4 is 4.74 Å². The Morgan fingerprint density at radius 2 is 1.96 bits per heavy atom. The van der Waals surface area contributed by atoms with Gasteiger partial charge in [-0.3, -0.25) is 9.59 Å². The molecule has 124 valence electrons. The lowest BCUT2D eigenvalue weighted by Crippen LogP contribution is -2.34. The number of Topliss-reactive ketones (excluding diaryl/α,β-unsaturated/α-hetero) is 2. The van der Waals surface area contributed by atoms with Crippen molar-refractivity contribution in [3.63, 3.8) is 0 Å². The van der Waals surface area contributed by atoms with E-state index < -0.39 is 35.2 Å². The monoisotopic (exact) mass is 333 g/mol. The Kier molecular flexibility index (Phi) is 5.09. The maximum atomic E-state index is 13.2. The molecule has 5 nitrogen and oxygen atoms in total. The van der Waals surface area contributed by atoms with Crippen molar-refractivity contribution < 1.29 is 27.5 Å². The van der Waals surface area contributed by atoms with Crippen LogP contribution in [-0.4, -0.2) is 17.7 Å². The zero-order valence-electron chi connectivity index (χ0n) is 12.9. The van der Waals surface area contributed by atoms with Gasteiger partial charge >= 0.3 is 0 Å². The van der Waals surface area contributed by atoms with E-state index in [9.17, 15) is 18.4 Å². The van der Waals surface area contributed by atoms with Crippen LogP contribution in [0.5, 0.6) is 5.75 Å². The Bertz CT molecular complexity index is 822. The minimum Gasteiger partial charge on any atom is -0.483 e. The van der Waals surface area contributed by atoms with Crippen LogP contribution >= 0.6 is 0 Å². The number of hydrogen-bond acceptors (Lipinski definition) is 5. The molecular formula is C17H13F2NO4. The molecule has 1 aromatic heterocycles. The predicted molar refractivity (Wildman–Crippen MR) is 78.3 cm³/mol. The van der Waals surface area contributed by atoms with Crippen molar-refractivity contribution in [3.8, 4) is 11.8 Å². The Hall–Kier alpha value is -3.01. The number of halogens is 2. The molecule has 0 amide bonds. The van der Waals surface area contributed by atoms with Gasteiger partial charge in [0.2, 0.25) is 0 Å². The molecule has 0 aliphatic carbocycles. The van der Waals surface area contributed by atoms with Crippen LogP contribution in [-0.2, 0) is 4.79 Å². The van der Waals surface area contributed by atoms with Gasteiger partial charge in [0.25, 0.3) is 0 Å². The van der Waals surface area contributed by atoms with Gasteiger partial charge in [-0.05, 0) is 32.0 Å². The van der Waals surface area contributed by atoms with Crippen LogP contribution in [0.1, 0.15) is 23.0 Å². The lowest BCUT2D eigenvalue weighted by molar-refractivity contribution is -0.126. The summed E-state index contributed by atoms with van der Waals surface area (Å²) in [5.74, 6) is -5.04. The van der Waals surface area contributed by atoms with Crippen LogP contribution in [0.15, 0.2) is 34.9 Å². The number of ether oxygens (including phenoxy) is 1. The molecule has 0 N–H and O–H groups in total. The molecule has 0 saturated heterocycles. The van der Waals surface area contributed by atoms with E-state index in [2.05, 4.69) is 0 Å². The standard InChI is InChI=1S/C17H13F2NO4/c1-9-12(5-6-23-9)17(22)13(8-20)16(21)10(2)24-11-3-4-14(18)15(19)7-11/h3-7,10,13H,1-2H3/t10-,13+/m1/s1. The van der Waals surface area contributed by atoms with Crippen molar-refractivity contribution in [2.24, 2.45) is 5.92 Å².